The second-order valence-electron chi connectivity index (χ2n) is 16.9. The average Bonchev–Trinajstić information content (AvgIpc) is 4.04. The van der Waals surface area contributed by atoms with Crippen LogP contribution in [0.15, 0.2) is 169 Å². The van der Waals surface area contributed by atoms with Gasteiger partial charge in [0.05, 0.1) is 11.7 Å². The van der Waals surface area contributed by atoms with Crippen LogP contribution >= 0.6 is 0 Å². The number of nitrogens with one attached hydrogen (secondary N) is 6. The fraction of sp³-hybridized carbons (Fsp3) is 0.226. The predicted molar refractivity (Wildman–Crippen MR) is 265 cm³/mol. The molecule has 0 bridgehead atoms. The molecule has 0 radical (unpaired) electrons. The summed E-state index contributed by atoms with van der Waals surface area (Å²) in [6, 6.07) is 41.1. The molecule has 5 aromatic carbocycles. The molecule has 0 saturated carbocycles. The van der Waals surface area contributed by atoms with Gasteiger partial charge in [0.1, 0.15) is 24.2 Å². The van der Waals surface area contributed by atoms with Gasteiger partial charge in [0, 0.05) is 61.2 Å². The van der Waals surface area contributed by atoms with Crippen molar-refractivity contribution in [3.63, 3.8) is 0 Å². The van der Waals surface area contributed by atoms with E-state index in [1.807, 2.05) is 146 Å². The summed E-state index contributed by atoms with van der Waals surface area (Å²) in [7, 11) is 0. The van der Waals surface area contributed by atoms with Gasteiger partial charge < -0.3 is 48.4 Å². The highest BCUT2D eigenvalue weighted by Crippen LogP contribution is 2.42. The third kappa shape index (κ3) is 12.7. The number of H-pyrrole nitrogens is 2. The van der Waals surface area contributed by atoms with Gasteiger partial charge in [-0.15, -0.1) is 0 Å². The monoisotopic (exact) mass is 927 g/mol. The lowest BCUT2D eigenvalue weighted by molar-refractivity contribution is -0.134. The van der Waals surface area contributed by atoms with E-state index < -0.39 is 59.1 Å². The maximum atomic E-state index is 14.7. The Morgan fingerprint density at radius 2 is 1.10 bits per heavy atom. The molecular formula is C53H57N11O5. The number of carbonyl (C=O) groups excluding carboxylic acids is 5. The summed E-state index contributed by atoms with van der Waals surface area (Å²) in [5.74, 6) is -3.36. The van der Waals surface area contributed by atoms with Gasteiger partial charge in [0.15, 0.2) is 5.96 Å². The Hall–Kier alpha value is -8.53. The second-order valence-corrected chi connectivity index (χ2v) is 16.9. The van der Waals surface area contributed by atoms with Gasteiger partial charge >= 0.3 is 0 Å². The number of hydrogen-bond donors (Lipinski definition) is 9. The molecule has 0 aliphatic carbocycles. The van der Waals surface area contributed by atoms with E-state index in [0.29, 0.717) is 11.3 Å². The first-order chi connectivity index (χ1) is 33.5. The van der Waals surface area contributed by atoms with E-state index in [-0.39, 0.29) is 51.0 Å². The van der Waals surface area contributed by atoms with Crippen LogP contribution in [0.5, 0.6) is 0 Å². The number of benzene rings is 5. The van der Waals surface area contributed by atoms with Crippen molar-refractivity contribution in [1.82, 2.24) is 36.2 Å². The number of aromatic nitrogens is 3. The zero-order valence-corrected chi connectivity index (χ0v) is 38.0. The standard InChI is InChI=1S/C53H57N11O5/c54-48(66)44(29-36-32-59-42-25-14-13-24-41(36)42)63-49(67)43(26-15-27-58-52(55)56)62-50(68)45(28-35-16-5-1-6-17-35)64-51(69)46(30-40-33-57-34-60-40)61-47(65)31-53(37-18-7-2-8-19-37,38-20-9-3-10-21-38)39-22-11-4-12-23-39/h1-14,16-25,32-34,43-46,59H,15,26-31H2,(H2,54,66)(H,57,60)(H,61,65)(H,62,68)(H,63,67)(H,64,69)(H4,55,56,58)/t43-,44-,45+,46-/m0/s1. The molecule has 7 rings (SSSR count). The van der Waals surface area contributed by atoms with Crippen molar-refractivity contribution in [3.05, 3.63) is 198 Å². The molecule has 12 N–H and O–H groups in total. The first-order valence-electron chi connectivity index (χ1n) is 22.8. The highest BCUT2D eigenvalue weighted by atomic mass is 16.2. The molecule has 4 atom stereocenters. The minimum absolute atomic E-state index is 0.00696. The number of primary amides is 1. The molecule has 0 saturated heterocycles. The van der Waals surface area contributed by atoms with Crippen molar-refractivity contribution in [3.8, 4) is 0 Å². The molecule has 0 unspecified atom stereocenters. The Morgan fingerprint density at radius 1 is 0.580 bits per heavy atom. The highest BCUT2D eigenvalue weighted by molar-refractivity contribution is 5.96. The number of hydrogen-bond acceptors (Lipinski definition) is 7. The number of amides is 5. The average molecular weight is 928 g/mol. The van der Waals surface area contributed by atoms with E-state index in [1.165, 1.54) is 6.33 Å². The summed E-state index contributed by atoms with van der Waals surface area (Å²) < 4.78 is 0. The number of rotatable bonds is 23. The Balaban J connectivity index is 1.16. The van der Waals surface area contributed by atoms with Gasteiger partial charge in [-0.2, -0.15) is 0 Å². The molecule has 0 spiro atoms. The van der Waals surface area contributed by atoms with Crippen LogP contribution in [0.2, 0.25) is 0 Å². The third-order valence-corrected chi connectivity index (χ3v) is 12.1. The van der Waals surface area contributed by atoms with Crippen LogP contribution in [-0.4, -0.2) is 81.2 Å². The quantitative estimate of drug-likeness (QED) is 0.0197. The summed E-state index contributed by atoms with van der Waals surface area (Å²) in [4.78, 5) is 85.4. The number of aromatic amines is 2. The number of carbonyl (C=O) groups is 5. The summed E-state index contributed by atoms with van der Waals surface area (Å²) in [5, 5.41) is 12.4. The van der Waals surface area contributed by atoms with Crippen LogP contribution in [0.1, 0.15) is 52.8 Å². The third-order valence-electron chi connectivity index (χ3n) is 12.1. The number of imidazole rings is 1. The zero-order valence-electron chi connectivity index (χ0n) is 38.0. The first-order valence-corrected chi connectivity index (χ1v) is 22.8. The molecule has 7 aromatic rings. The van der Waals surface area contributed by atoms with Gasteiger partial charge in [-0.25, -0.2) is 4.98 Å². The van der Waals surface area contributed by atoms with Crippen molar-refractivity contribution in [1.29, 1.82) is 0 Å². The molecule has 2 heterocycles. The second kappa shape index (κ2) is 23.3. The smallest absolute Gasteiger partial charge is 0.243 e. The molecule has 16 nitrogen and oxygen atoms in total. The number of para-hydroxylation sites is 1. The molecule has 69 heavy (non-hydrogen) atoms. The Kier molecular flexibility index (Phi) is 16.3. The summed E-state index contributed by atoms with van der Waals surface area (Å²) in [6.45, 7) is 0.149. The lowest BCUT2D eigenvalue weighted by Gasteiger charge is -2.36. The topological polar surface area (TPSA) is 268 Å². The normalized spacial score (nSPS) is 13.0. The van der Waals surface area contributed by atoms with Gasteiger partial charge in [0.2, 0.25) is 29.5 Å². The van der Waals surface area contributed by atoms with Crippen LogP contribution < -0.4 is 38.5 Å². The molecule has 5 amide bonds. The fourth-order valence-electron chi connectivity index (χ4n) is 8.68. The van der Waals surface area contributed by atoms with Crippen molar-refractivity contribution >= 4 is 46.4 Å². The van der Waals surface area contributed by atoms with E-state index in [9.17, 15) is 24.0 Å². The molecule has 354 valence electrons. The first kappa shape index (κ1) is 48.4. The number of nitrogens with two attached hydrogens (primary N) is 3. The summed E-state index contributed by atoms with van der Waals surface area (Å²) in [6.07, 6.45) is 5.16. The van der Waals surface area contributed by atoms with Gasteiger partial charge in [-0.05, 0) is 46.7 Å². The number of fused-ring (bicyclic) bond motifs is 1. The van der Waals surface area contributed by atoms with Crippen molar-refractivity contribution < 1.29 is 24.0 Å². The molecule has 0 fully saturated rings. The number of guanidine groups is 1. The van der Waals surface area contributed by atoms with E-state index >= 15 is 0 Å². The van der Waals surface area contributed by atoms with E-state index in [1.54, 1.807) is 12.4 Å². The lowest BCUT2D eigenvalue weighted by Crippen LogP contribution is -2.59. The summed E-state index contributed by atoms with van der Waals surface area (Å²) in [5.41, 5.74) is 21.6. The van der Waals surface area contributed by atoms with E-state index in [2.05, 4.69) is 41.2 Å². The Morgan fingerprint density at radius 3 is 1.67 bits per heavy atom. The van der Waals surface area contributed by atoms with E-state index in [4.69, 9.17) is 17.2 Å². The number of aliphatic imine (C=N–C) groups is 1. The predicted octanol–water partition coefficient (Wildman–Crippen LogP) is 3.82. The van der Waals surface area contributed by atoms with Crippen molar-refractivity contribution in [2.45, 2.75) is 68.1 Å². The minimum atomic E-state index is -1.25. The molecule has 2 aromatic heterocycles. The van der Waals surface area contributed by atoms with Crippen LogP contribution in [-0.2, 0) is 48.7 Å². The minimum Gasteiger partial charge on any atom is -0.370 e. The molecule has 0 aliphatic heterocycles. The maximum absolute atomic E-state index is 14.7. The van der Waals surface area contributed by atoms with Crippen molar-refractivity contribution in [2.75, 3.05) is 6.54 Å². The van der Waals surface area contributed by atoms with Crippen LogP contribution in [0.4, 0.5) is 0 Å². The van der Waals surface area contributed by atoms with E-state index in [0.717, 1.165) is 33.2 Å². The van der Waals surface area contributed by atoms with Gasteiger partial charge in [-0.3, -0.25) is 29.0 Å². The maximum Gasteiger partial charge on any atom is 0.243 e. The molecule has 16 heteroatoms. The SMILES string of the molecule is NC(=O)[C@H](Cc1c[nH]c2ccccc12)NC(=O)[C@H](CCCN=C(N)N)NC(=O)[C@@H](Cc1ccccc1)NC(=O)[C@H](Cc1cnc[nH]1)NC(=O)CC(c1ccccc1)(c1ccccc1)c1ccccc1. The largest absolute Gasteiger partial charge is 0.370 e. The number of nitrogens with zero attached hydrogens (tertiary/aromatic N) is 2. The van der Waals surface area contributed by atoms with Crippen LogP contribution in [0.25, 0.3) is 10.9 Å². The Bertz CT molecular complexity index is 2720. The fourth-order valence-corrected chi connectivity index (χ4v) is 8.68. The highest BCUT2D eigenvalue weighted by Gasteiger charge is 2.40. The van der Waals surface area contributed by atoms with Gasteiger partial charge in [-0.1, -0.05) is 140 Å². The van der Waals surface area contributed by atoms with Crippen LogP contribution in [0, 0.1) is 0 Å². The molecular weight excluding hydrogens is 871 g/mol. The zero-order chi connectivity index (χ0) is 48.6. The van der Waals surface area contributed by atoms with Crippen LogP contribution in [0.3, 0.4) is 0 Å². The Labute approximate surface area is 400 Å². The molecule has 0 aliphatic rings. The lowest BCUT2D eigenvalue weighted by atomic mass is 9.67. The van der Waals surface area contributed by atoms with Gasteiger partial charge in [0.25, 0.3) is 0 Å². The van der Waals surface area contributed by atoms with Crippen molar-refractivity contribution in [2.24, 2.45) is 22.2 Å². The summed E-state index contributed by atoms with van der Waals surface area (Å²) >= 11 is 0.